The fraction of sp³-hybridized carbons (Fsp3) is 0.100. The van der Waals surface area contributed by atoms with E-state index in [1.54, 1.807) is 17.0 Å². The molecule has 2 aromatic rings. The average Bonchev–Trinajstić information content (AvgIpc) is 2.80. The van der Waals surface area contributed by atoms with E-state index in [2.05, 4.69) is 5.16 Å². The molecule has 7 heteroatoms. The lowest BCUT2D eigenvalue weighted by Crippen LogP contribution is -2.30. The molecule has 0 aliphatic carbocycles. The third kappa shape index (κ3) is 2.58. The fourth-order valence-corrected chi connectivity index (χ4v) is 1.30. The van der Waals surface area contributed by atoms with Gasteiger partial charge in [-0.1, -0.05) is 5.16 Å². The maximum atomic E-state index is 11.1. The minimum Gasteiger partial charge on any atom is -0.359 e. The van der Waals surface area contributed by atoms with E-state index in [0.717, 1.165) is 0 Å². The van der Waals surface area contributed by atoms with Crippen LogP contribution in [0.3, 0.4) is 0 Å². The molecule has 88 valence electrons. The number of nitrogens with one attached hydrogen (secondary N) is 1. The fourth-order valence-electron chi connectivity index (χ4n) is 1.30. The van der Waals surface area contributed by atoms with E-state index in [1.807, 2.05) is 5.43 Å². The molecule has 0 unspecified atom stereocenters. The second kappa shape index (κ2) is 4.62. The van der Waals surface area contributed by atoms with Gasteiger partial charge in [-0.25, -0.2) is 5.84 Å². The van der Waals surface area contributed by atoms with Gasteiger partial charge in [0, 0.05) is 30.6 Å². The highest BCUT2D eigenvalue weighted by Crippen LogP contribution is 2.05. The number of nitrogens with zero attached hydrogens (tertiary/aromatic N) is 2. The summed E-state index contributed by atoms with van der Waals surface area (Å²) in [5, 5.41) is 3.56. The molecule has 0 aliphatic rings. The largest absolute Gasteiger partial charge is 0.359 e. The summed E-state index contributed by atoms with van der Waals surface area (Å²) in [6, 6.07) is 4.36. The highest BCUT2D eigenvalue weighted by atomic mass is 16.5. The first kappa shape index (κ1) is 11.1. The SMILES string of the molecule is NNC(=O)c1cc(Cn2ccc(=O)cc2)on1. The monoisotopic (exact) mass is 234 g/mol. The second-order valence-corrected chi connectivity index (χ2v) is 3.36. The van der Waals surface area contributed by atoms with Gasteiger partial charge in [0.25, 0.3) is 5.91 Å². The predicted molar refractivity (Wildman–Crippen MR) is 58.0 cm³/mol. The van der Waals surface area contributed by atoms with Crippen LogP contribution in [0.15, 0.2) is 39.9 Å². The molecule has 17 heavy (non-hydrogen) atoms. The van der Waals surface area contributed by atoms with E-state index < -0.39 is 5.91 Å². The molecule has 0 bridgehead atoms. The van der Waals surface area contributed by atoms with Gasteiger partial charge in [-0.2, -0.15) is 0 Å². The number of hydrazine groups is 1. The van der Waals surface area contributed by atoms with Crippen LogP contribution >= 0.6 is 0 Å². The van der Waals surface area contributed by atoms with Gasteiger partial charge < -0.3 is 9.09 Å². The van der Waals surface area contributed by atoms with Crippen LogP contribution in [-0.4, -0.2) is 15.6 Å². The van der Waals surface area contributed by atoms with Crippen LogP contribution < -0.4 is 16.7 Å². The summed E-state index contributed by atoms with van der Waals surface area (Å²) >= 11 is 0. The third-order valence-electron chi connectivity index (χ3n) is 2.12. The zero-order valence-corrected chi connectivity index (χ0v) is 8.79. The number of hydrogen-bond acceptors (Lipinski definition) is 5. The van der Waals surface area contributed by atoms with Crippen molar-refractivity contribution >= 4 is 5.91 Å². The van der Waals surface area contributed by atoms with Crippen molar-refractivity contribution in [1.29, 1.82) is 0 Å². The Morgan fingerprint density at radius 1 is 1.47 bits per heavy atom. The predicted octanol–water partition coefficient (Wildman–Crippen LogP) is -0.512. The quantitative estimate of drug-likeness (QED) is 0.423. The Morgan fingerprint density at radius 3 is 2.82 bits per heavy atom. The van der Waals surface area contributed by atoms with Gasteiger partial charge in [-0.15, -0.1) is 0 Å². The summed E-state index contributed by atoms with van der Waals surface area (Å²) in [5.41, 5.74) is 2.00. The number of nitrogens with two attached hydrogens (primary N) is 1. The van der Waals surface area contributed by atoms with Crippen LogP contribution in [0, 0.1) is 0 Å². The van der Waals surface area contributed by atoms with Crippen molar-refractivity contribution in [1.82, 2.24) is 15.1 Å². The van der Waals surface area contributed by atoms with Crippen LogP contribution in [0.25, 0.3) is 0 Å². The molecule has 0 spiro atoms. The lowest BCUT2D eigenvalue weighted by molar-refractivity contribution is 0.0944. The molecular formula is C10H10N4O3. The Kier molecular flexibility index (Phi) is 3.01. The lowest BCUT2D eigenvalue weighted by atomic mass is 10.3. The molecule has 0 aliphatic heterocycles. The zero-order valence-electron chi connectivity index (χ0n) is 8.79. The lowest BCUT2D eigenvalue weighted by Gasteiger charge is -2.00. The normalized spacial score (nSPS) is 10.2. The van der Waals surface area contributed by atoms with Gasteiger partial charge >= 0.3 is 0 Å². The van der Waals surface area contributed by atoms with Crippen molar-refractivity contribution in [2.24, 2.45) is 5.84 Å². The number of amides is 1. The van der Waals surface area contributed by atoms with E-state index in [9.17, 15) is 9.59 Å². The number of carbonyl (C=O) groups is 1. The molecule has 2 heterocycles. The molecule has 0 aromatic carbocycles. The molecule has 0 saturated carbocycles. The summed E-state index contributed by atoms with van der Waals surface area (Å²) < 4.78 is 6.68. The smallest absolute Gasteiger partial charge is 0.287 e. The Balaban J connectivity index is 2.14. The Hall–Kier alpha value is -2.41. The molecule has 0 radical (unpaired) electrons. The molecule has 1 amide bonds. The minimum atomic E-state index is -0.514. The van der Waals surface area contributed by atoms with Gasteiger partial charge in [-0.05, 0) is 0 Å². The molecule has 7 nitrogen and oxygen atoms in total. The number of aromatic nitrogens is 2. The van der Waals surface area contributed by atoms with Crippen LogP contribution in [0.1, 0.15) is 16.2 Å². The van der Waals surface area contributed by atoms with Gasteiger partial charge in [0.1, 0.15) is 0 Å². The maximum Gasteiger partial charge on any atom is 0.287 e. The number of rotatable bonds is 3. The van der Waals surface area contributed by atoms with Gasteiger partial charge in [-0.3, -0.25) is 15.0 Å². The van der Waals surface area contributed by atoms with Gasteiger partial charge in [0.2, 0.25) is 0 Å². The van der Waals surface area contributed by atoms with Crippen LogP contribution in [0.2, 0.25) is 0 Å². The van der Waals surface area contributed by atoms with Crippen molar-refractivity contribution in [3.05, 3.63) is 52.3 Å². The molecule has 3 N–H and O–H groups in total. The topological polar surface area (TPSA) is 103 Å². The second-order valence-electron chi connectivity index (χ2n) is 3.36. The number of pyridine rings is 1. The first-order valence-corrected chi connectivity index (χ1v) is 4.81. The van der Waals surface area contributed by atoms with E-state index in [1.165, 1.54) is 18.2 Å². The summed E-state index contributed by atoms with van der Waals surface area (Å²) in [5.74, 6) is 4.94. The molecular weight excluding hydrogens is 224 g/mol. The zero-order chi connectivity index (χ0) is 12.3. The van der Waals surface area contributed by atoms with E-state index in [4.69, 9.17) is 10.4 Å². The molecule has 0 fully saturated rings. The first-order valence-electron chi connectivity index (χ1n) is 4.81. The van der Waals surface area contributed by atoms with E-state index in [-0.39, 0.29) is 11.1 Å². The van der Waals surface area contributed by atoms with Crippen LogP contribution in [-0.2, 0) is 6.54 Å². The molecule has 0 saturated heterocycles. The van der Waals surface area contributed by atoms with Crippen LogP contribution in [0.4, 0.5) is 0 Å². The number of hydrogen-bond donors (Lipinski definition) is 2. The number of carbonyl (C=O) groups excluding carboxylic acids is 1. The standard InChI is InChI=1S/C10H10N4O3/c11-12-10(16)9-5-8(17-13-9)6-14-3-1-7(15)2-4-14/h1-5H,6,11H2,(H,12,16). The van der Waals surface area contributed by atoms with E-state index in [0.29, 0.717) is 12.3 Å². The molecule has 2 aromatic heterocycles. The minimum absolute atomic E-state index is 0.0676. The summed E-state index contributed by atoms with van der Waals surface area (Å²) in [4.78, 5) is 22.0. The first-order chi connectivity index (χ1) is 8.19. The highest BCUT2D eigenvalue weighted by Gasteiger charge is 2.10. The van der Waals surface area contributed by atoms with Crippen molar-refractivity contribution in [2.75, 3.05) is 0 Å². The summed E-state index contributed by atoms with van der Waals surface area (Å²) in [7, 11) is 0. The van der Waals surface area contributed by atoms with Crippen molar-refractivity contribution in [3.63, 3.8) is 0 Å². The molecule has 2 rings (SSSR count). The number of nitrogen functional groups attached to an aromatic ring is 1. The van der Waals surface area contributed by atoms with Crippen molar-refractivity contribution < 1.29 is 9.32 Å². The maximum absolute atomic E-state index is 11.1. The highest BCUT2D eigenvalue weighted by molar-refractivity contribution is 5.91. The van der Waals surface area contributed by atoms with Gasteiger partial charge in [0.15, 0.2) is 16.9 Å². The summed E-state index contributed by atoms with van der Waals surface area (Å²) in [6.45, 7) is 0.380. The van der Waals surface area contributed by atoms with E-state index >= 15 is 0 Å². The van der Waals surface area contributed by atoms with Crippen molar-refractivity contribution in [2.45, 2.75) is 6.54 Å². The Labute approximate surface area is 95.8 Å². The van der Waals surface area contributed by atoms with Gasteiger partial charge in [0.05, 0.1) is 6.54 Å². The third-order valence-corrected chi connectivity index (χ3v) is 2.12. The van der Waals surface area contributed by atoms with Crippen molar-refractivity contribution in [3.8, 4) is 0 Å². The Bertz CT molecular complexity index is 567. The average molecular weight is 234 g/mol. The summed E-state index contributed by atoms with van der Waals surface area (Å²) in [6.07, 6.45) is 3.24. The Morgan fingerprint density at radius 2 is 2.18 bits per heavy atom. The van der Waals surface area contributed by atoms with Crippen LogP contribution in [0.5, 0.6) is 0 Å². The molecule has 0 atom stereocenters.